The Labute approximate surface area is 168 Å². The maximum absolute atomic E-state index is 12.9. The van der Waals surface area contributed by atoms with Gasteiger partial charge in [-0.1, -0.05) is 11.2 Å². The second-order valence-electron chi connectivity index (χ2n) is 6.24. The first-order chi connectivity index (χ1) is 14.3. The Kier molecular flexibility index (Phi) is 6.65. The first-order valence-electron chi connectivity index (χ1n) is 8.96. The molecule has 0 spiro atoms. The number of rotatable bonds is 8. The van der Waals surface area contributed by atoms with Crippen LogP contribution in [0.25, 0.3) is 11.4 Å². The highest BCUT2D eigenvalue weighted by Crippen LogP contribution is 2.31. The zero-order valence-corrected chi connectivity index (χ0v) is 15.6. The molecule has 0 saturated heterocycles. The first-order valence-corrected chi connectivity index (χ1v) is 8.96. The van der Waals surface area contributed by atoms with Crippen LogP contribution in [0.5, 0.6) is 5.75 Å². The molecule has 0 bridgehead atoms. The van der Waals surface area contributed by atoms with Crippen LogP contribution in [0.15, 0.2) is 53.1 Å². The second kappa shape index (κ2) is 9.38. The lowest BCUT2D eigenvalue weighted by molar-refractivity contribution is -0.137. The van der Waals surface area contributed by atoms with Gasteiger partial charge in [0.1, 0.15) is 18.2 Å². The third kappa shape index (κ3) is 6.03. The molecule has 10 heteroatoms. The van der Waals surface area contributed by atoms with Gasteiger partial charge in [0, 0.05) is 18.4 Å². The number of alkyl halides is 3. The number of hydrogen-bond acceptors (Lipinski definition) is 5. The number of nitrogens with one attached hydrogen (secondary N) is 1. The Bertz CT molecular complexity index is 987. The van der Waals surface area contributed by atoms with Crippen molar-refractivity contribution in [2.45, 2.75) is 19.0 Å². The molecule has 1 heterocycles. The van der Waals surface area contributed by atoms with E-state index in [4.69, 9.17) is 9.26 Å². The molecule has 0 aliphatic heterocycles. The minimum atomic E-state index is -4.45. The molecule has 6 nitrogen and oxygen atoms in total. The van der Waals surface area contributed by atoms with E-state index in [1.807, 2.05) is 0 Å². The fourth-order valence-corrected chi connectivity index (χ4v) is 2.50. The summed E-state index contributed by atoms with van der Waals surface area (Å²) in [6.07, 6.45) is -4.16. The summed E-state index contributed by atoms with van der Waals surface area (Å²) in [5.41, 5.74) is -0.216. The SMILES string of the molecule is O=C(CCc1nc(-c2ccc(F)cc2)no1)NCCOc1cccc(C(F)(F)F)c1. The van der Waals surface area contributed by atoms with E-state index in [9.17, 15) is 22.4 Å². The molecule has 0 radical (unpaired) electrons. The van der Waals surface area contributed by atoms with Crippen LogP contribution in [-0.4, -0.2) is 29.2 Å². The normalized spacial score (nSPS) is 11.3. The van der Waals surface area contributed by atoms with Gasteiger partial charge in [-0.3, -0.25) is 4.79 Å². The third-order valence-corrected chi connectivity index (χ3v) is 3.99. The molecule has 1 aromatic heterocycles. The smallest absolute Gasteiger partial charge is 0.416 e. The summed E-state index contributed by atoms with van der Waals surface area (Å²) in [5, 5.41) is 6.38. The predicted molar refractivity (Wildman–Crippen MR) is 98.0 cm³/mol. The van der Waals surface area contributed by atoms with Crippen LogP contribution in [-0.2, 0) is 17.4 Å². The average Bonchev–Trinajstić information content (AvgIpc) is 3.19. The van der Waals surface area contributed by atoms with Crippen molar-refractivity contribution in [1.29, 1.82) is 0 Å². The van der Waals surface area contributed by atoms with E-state index in [-0.39, 0.29) is 49.4 Å². The Morgan fingerprint density at radius 1 is 1.13 bits per heavy atom. The zero-order chi connectivity index (χ0) is 21.6. The van der Waals surface area contributed by atoms with Gasteiger partial charge in [-0.25, -0.2) is 4.39 Å². The number of aromatic nitrogens is 2. The first kappa shape index (κ1) is 21.3. The molecule has 158 valence electrons. The summed E-state index contributed by atoms with van der Waals surface area (Å²) in [6, 6.07) is 10.1. The van der Waals surface area contributed by atoms with Crippen molar-refractivity contribution in [3.05, 3.63) is 65.8 Å². The maximum Gasteiger partial charge on any atom is 0.416 e. The summed E-state index contributed by atoms with van der Waals surface area (Å²) < 4.78 is 61.2. The fraction of sp³-hybridized carbons (Fsp3) is 0.250. The Balaban J connectivity index is 1.39. The molecule has 1 N–H and O–H groups in total. The van der Waals surface area contributed by atoms with Crippen LogP contribution in [0.1, 0.15) is 17.9 Å². The van der Waals surface area contributed by atoms with E-state index in [1.165, 1.54) is 36.4 Å². The number of halogens is 4. The molecule has 0 atom stereocenters. The van der Waals surface area contributed by atoms with Crippen molar-refractivity contribution in [3.63, 3.8) is 0 Å². The van der Waals surface area contributed by atoms with Gasteiger partial charge in [0.25, 0.3) is 0 Å². The number of amides is 1. The van der Waals surface area contributed by atoms with Crippen LogP contribution < -0.4 is 10.1 Å². The molecule has 0 aliphatic carbocycles. The van der Waals surface area contributed by atoms with Gasteiger partial charge in [-0.2, -0.15) is 18.2 Å². The summed E-state index contributed by atoms with van der Waals surface area (Å²) in [5.74, 6) is -0.0665. The van der Waals surface area contributed by atoms with Gasteiger partial charge in [-0.05, 0) is 42.5 Å². The van der Waals surface area contributed by atoms with E-state index < -0.39 is 11.7 Å². The van der Waals surface area contributed by atoms with Crippen molar-refractivity contribution in [2.75, 3.05) is 13.2 Å². The maximum atomic E-state index is 12.9. The van der Waals surface area contributed by atoms with E-state index in [2.05, 4.69) is 15.5 Å². The van der Waals surface area contributed by atoms with Crippen molar-refractivity contribution >= 4 is 5.91 Å². The van der Waals surface area contributed by atoms with Gasteiger partial charge in [0.15, 0.2) is 0 Å². The van der Waals surface area contributed by atoms with Gasteiger partial charge >= 0.3 is 6.18 Å². The summed E-state index contributed by atoms with van der Waals surface area (Å²) in [6.45, 7) is 0.141. The fourth-order valence-electron chi connectivity index (χ4n) is 2.50. The monoisotopic (exact) mass is 423 g/mol. The topological polar surface area (TPSA) is 77.2 Å². The summed E-state index contributed by atoms with van der Waals surface area (Å²) >= 11 is 0. The zero-order valence-electron chi connectivity index (χ0n) is 15.6. The van der Waals surface area contributed by atoms with E-state index >= 15 is 0 Å². The highest BCUT2D eigenvalue weighted by molar-refractivity contribution is 5.76. The lowest BCUT2D eigenvalue weighted by Gasteiger charge is -2.10. The van der Waals surface area contributed by atoms with E-state index in [0.29, 0.717) is 11.4 Å². The van der Waals surface area contributed by atoms with Crippen LogP contribution in [0, 0.1) is 5.82 Å². The van der Waals surface area contributed by atoms with Gasteiger partial charge in [0.05, 0.1) is 12.1 Å². The molecule has 0 aliphatic rings. The van der Waals surface area contributed by atoms with E-state index in [1.54, 1.807) is 0 Å². The van der Waals surface area contributed by atoms with Crippen molar-refractivity contribution < 1.29 is 31.6 Å². The lowest BCUT2D eigenvalue weighted by atomic mass is 10.2. The summed E-state index contributed by atoms with van der Waals surface area (Å²) in [4.78, 5) is 16.0. The number of aryl methyl sites for hydroxylation is 1. The number of carbonyl (C=O) groups excluding carboxylic acids is 1. The van der Waals surface area contributed by atoms with Gasteiger partial charge in [0.2, 0.25) is 17.6 Å². The van der Waals surface area contributed by atoms with E-state index in [0.717, 1.165) is 12.1 Å². The minimum absolute atomic E-state index is 0.0162. The largest absolute Gasteiger partial charge is 0.492 e. The number of hydrogen-bond donors (Lipinski definition) is 1. The molecule has 30 heavy (non-hydrogen) atoms. The predicted octanol–water partition coefficient (Wildman–Crippen LogP) is 4.02. The molecular weight excluding hydrogens is 406 g/mol. The standard InChI is InChI=1S/C20H17F4N3O3/c21-15-6-4-13(5-7-15)19-26-18(30-27-19)9-8-17(28)25-10-11-29-16-3-1-2-14(12-16)20(22,23)24/h1-7,12H,8-11H2,(H,25,28). The molecule has 0 fully saturated rings. The highest BCUT2D eigenvalue weighted by atomic mass is 19.4. The molecule has 3 aromatic rings. The highest BCUT2D eigenvalue weighted by Gasteiger charge is 2.30. The molecule has 3 rings (SSSR count). The molecule has 0 unspecified atom stereocenters. The Hall–Kier alpha value is -3.43. The quantitative estimate of drug-likeness (QED) is 0.437. The summed E-state index contributed by atoms with van der Waals surface area (Å²) in [7, 11) is 0. The molecular formula is C20H17F4N3O3. The van der Waals surface area contributed by atoms with Crippen LogP contribution >= 0.6 is 0 Å². The number of ether oxygens (including phenoxy) is 1. The van der Waals surface area contributed by atoms with Crippen LogP contribution in [0.2, 0.25) is 0 Å². The molecule has 2 aromatic carbocycles. The number of carbonyl (C=O) groups is 1. The Morgan fingerprint density at radius 2 is 1.90 bits per heavy atom. The Morgan fingerprint density at radius 3 is 2.63 bits per heavy atom. The molecule has 0 saturated carbocycles. The van der Waals surface area contributed by atoms with Gasteiger partial charge < -0.3 is 14.6 Å². The third-order valence-electron chi connectivity index (χ3n) is 3.99. The lowest BCUT2D eigenvalue weighted by Crippen LogP contribution is -2.28. The van der Waals surface area contributed by atoms with Crippen molar-refractivity contribution in [3.8, 4) is 17.1 Å². The molecule has 1 amide bonds. The van der Waals surface area contributed by atoms with Gasteiger partial charge in [-0.15, -0.1) is 0 Å². The minimum Gasteiger partial charge on any atom is -0.492 e. The average molecular weight is 423 g/mol. The van der Waals surface area contributed by atoms with Crippen molar-refractivity contribution in [2.24, 2.45) is 0 Å². The van der Waals surface area contributed by atoms with Crippen LogP contribution in [0.4, 0.5) is 17.6 Å². The number of benzene rings is 2. The number of nitrogens with zero attached hydrogens (tertiary/aromatic N) is 2. The van der Waals surface area contributed by atoms with Crippen LogP contribution in [0.3, 0.4) is 0 Å². The second-order valence-corrected chi connectivity index (χ2v) is 6.24. The van der Waals surface area contributed by atoms with Crippen molar-refractivity contribution in [1.82, 2.24) is 15.5 Å².